The summed E-state index contributed by atoms with van der Waals surface area (Å²) in [5, 5.41) is 6.68. The summed E-state index contributed by atoms with van der Waals surface area (Å²) in [6.45, 7) is 4.59. The molecule has 1 N–H and O–H groups in total. The van der Waals surface area contributed by atoms with Crippen molar-refractivity contribution in [3.8, 4) is 0 Å². The topological polar surface area (TPSA) is 28.2 Å². The zero-order valence-corrected chi connectivity index (χ0v) is 10.1. The lowest BCUT2D eigenvalue weighted by atomic mass is 9.98. The standard InChI is InChI=1S/C11H19N3S/c1-14(9-11-13-6-7-15-11)8-10-2-4-12-5-3-10/h6-7,10,12H,2-5,8-9H2,1H3. The van der Waals surface area contributed by atoms with Gasteiger partial charge in [0.25, 0.3) is 0 Å². The van der Waals surface area contributed by atoms with Crippen LogP contribution in [0.25, 0.3) is 0 Å². The molecule has 84 valence electrons. The second kappa shape index (κ2) is 5.58. The number of aromatic nitrogens is 1. The van der Waals surface area contributed by atoms with E-state index in [0.717, 1.165) is 12.5 Å². The van der Waals surface area contributed by atoms with Gasteiger partial charge in [-0.15, -0.1) is 11.3 Å². The van der Waals surface area contributed by atoms with Crippen molar-refractivity contribution in [3.63, 3.8) is 0 Å². The summed E-state index contributed by atoms with van der Waals surface area (Å²) >= 11 is 1.75. The van der Waals surface area contributed by atoms with Crippen LogP contribution in [0.2, 0.25) is 0 Å². The third kappa shape index (κ3) is 3.55. The lowest BCUT2D eigenvalue weighted by Crippen LogP contribution is -2.34. The van der Waals surface area contributed by atoms with Crippen LogP contribution in [0.15, 0.2) is 11.6 Å². The van der Waals surface area contributed by atoms with Gasteiger partial charge in [-0.05, 0) is 38.9 Å². The summed E-state index contributed by atoms with van der Waals surface area (Å²) in [5.74, 6) is 0.871. The van der Waals surface area contributed by atoms with E-state index in [4.69, 9.17) is 0 Å². The molecule has 0 radical (unpaired) electrons. The number of thiazole rings is 1. The molecule has 0 aliphatic carbocycles. The van der Waals surface area contributed by atoms with Crippen molar-refractivity contribution in [1.29, 1.82) is 0 Å². The van der Waals surface area contributed by atoms with Gasteiger partial charge >= 0.3 is 0 Å². The second-order valence-corrected chi connectivity index (χ2v) is 5.30. The zero-order chi connectivity index (χ0) is 10.5. The third-order valence-corrected chi connectivity index (χ3v) is 3.68. The normalized spacial score (nSPS) is 18.5. The van der Waals surface area contributed by atoms with E-state index in [-0.39, 0.29) is 0 Å². The Morgan fingerprint density at radius 2 is 2.33 bits per heavy atom. The molecule has 0 amide bonds. The maximum absolute atomic E-state index is 4.31. The summed E-state index contributed by atoms with van der Waals surface area (Å²) in [7, 11) is 2.20. The lowest BCUT2D eigenvalue weighted by Gasteiger charge is -2.26. The summed E-state index contributed by atoms with van der Waals surface area (Å²) in [6, 6.07) is 0. The summed E-state index contributed by atoms with van der Waals surface area (Å²) in [6.07, 6.45) is 4.53. The van der Waals surface area contributed by atoms with Gasteiger partial charge in [-0.1, -0.05) is 0 Å². The molecule has 4 heteroatoms. The number of piperidine rings is 1. The zero-order valence-electron chi connectivity index (χ0n) is 9.28. The summed E-state index contributed by atoms with van der Waals surface area (Å²) in [4.78, 5) is 6.71. The maximum atomic E-state index is 4.31. The molecule has 1 fully saturated rings. The summed E-state index contributed by atoms with van der Waals surface area (Å²) < 4.78 is 0. The molecular formula is C11H19N3S. The summed E-state index contributed by atoms with van der Waals surface area (Å²) in [5.41, 5.74) is 0. The highest BCUT2D eigenvalue weighted by atomic mass is 32.1. The van der Waals surface area contributed by atoms with Crippen LogP contribution in [-0.4, -0.2) is 36.6 Å². The van der Waals surface area contributed by atoms with Crippen molar-refractivity contribution in [1.82, 2.24) is 15.2 Å². The minimum Gasteiger partial charge on any atom is -0.317 e. The van der Waals surface area contributed by atoms with Gasteiger partial charge < -0.3 is 5.32 Å². The first-order valence-corrected chi connectivity index (χ1v) is 6.50. The van der Waals surface area contributed by atoms with E-state index in [9.17, 15) is 0 Å². The van der Waals surface area contributed by atoms with Crippen LogP contribution in [0, 0.1) is 5.92 Å². The van der Waals surface area contributed by atoms with E-state index in [0.29, 0.717) is 0 Å². The van der Waals surface area contributed by atoms with Crippen LogP contribution < -0.4 is 5.32 Å². The monoisotopic (exact) mass is 225 g/mol. The molecule has 0 unspecified atom stereocenters. The van der Waals surface area contributed by atoms with Crippen molar-refractivity contribution >= 4 is 11.3 Å². The highest BCUT2D eigenvalue weighted by molar-refractivity contribution is 7.09. The predicted molar refractivity (Wildman–Crippen MR) is 64.0 cm³/mol. The van der Waals surface area contributed by atoms with Gasteiger partial charge in [-0.3, -0.25) is 4.90 Å². The van der Waals surface area contributed by atoms with Gasteiger partial charge in [-0.25, -0.2) is 4.98 Å². The highest BCUT2D eigenvalue weighted by Crippen LogP contribution is 2.14. The molecule has 1 aromatic rings. The van der Waals surface area contributed by atoms with Gasteiger partial charge in [0.1, 0.15) is 5.01 Å². The van der Waals surface area contributed by atoms with Crippen molar-refractivity contribution in [2.75, 3.05) is 26.7 Å². The van der Waals surface area contributed by atoms with Crippen LogP contribution in [0.3, 0.4) is 0 Å². The molecule has 1 saturated heterocycles. The molecule has 0 saturated carbocycles. The van der Waals surface area contributed by atoms with Crippen molar-refractivity contribution in [2.24, 2.45) is 5.92 Å². The number of hydrogen-bond acceptors (Lipinski definition) is 4. The molecule has 2 heterocycles. The van der Waals surface area contributed by atoms with Crippen LogP contribution in [0.1, 0.15) is 17.8 Å². The van der Waals surface area contributed by atoms with Crippen LogP contribution in [0.4, 0.5) is 0 Å². The fraction of sp³-hybridized carbons (Fsp3) is 0.727. The van der Waals surface area contributed by atoms with Gasteiger partial charge in [-0.2, -0.15) is 0 Å². The molecule has 0 bridgehead atoms. The van der Waals surface area contributed by atoms with E-state index >= 15 is 0 Å². The molecule has 0 spiro atoms. The Bertz CT molecular complexity index is 267. The Morgan fingerprint density at radius 3 is 3.00 bits per heavy atom. The molecule has 1 aliphatic heterocycles. The molecule has 2 rings (SSSR count). The number of hydrogen-bond donors (Lipinski definition) is 1. The average molecular weight is 225 g/mol. The van der Waals surface area contributed by atoms with Crippen molar-refractivity contribution in [2.45, 2.75) is 19.4 Å². The maximum Gasteiger partial charge on any atom is 0.107 e. The average Bonchev–Trinajstić information content (AvgIpc) is 2.71. The van der Waals surface area contributed by atoms with Crippen molar-refractivity contribution in [3.05, 3.63) is 16.6 Å². The molecule has 15 heavy (non-hydrogen) atoms. The molecule has 3 nitrogen and oxygen atoms in total. The Labute approximate surface area is 95.5 Å². The van der Waals surface area contributed by atoms with E-state index < -0.39 is 0 Å². The number of rotatable bonds is 4. The van der Waals surface area contributed by atoms with Gasteiger partial charge in [0.15, 0.2) is 0 Å². The van der Waals surface area contributed by atoms with E-state index in [1.165, 1.54) is 37.5 Å². The number of nitrogens with one attached hydrogen (secondary N) is 1. The van der Waals surface area contributed by atoms with E-state index in [2.05, 4.69) is 22.2 Å². The van der Waals surface area contributed by atoms with Gasteiger partial charge in [0, 0.05) is 18.1 Å². The molecule has 1 aliphatic rings. The third-order valence-electron chi connectivity index (χ3n) is 2.92. The highest BCUT2D eigenvalue weighted by Gasteiger charge is 2.15. The fourth-order valence-corrected chi connectivity index (χ4v) is 2.83. The smallest absolute Gasteiger partial charge is 0.107 e. The van der Waals surface area contributed by atoms with Crippen LogP contribution in [0.5, 0.6) is 0 Å². The van der Waals surface area contributed by atoms with E-state index in [1.54, 1.807) is 11.3 Å². The Kier molecular flexibility index (Phi) is 4.11. The molecule has 0 atom stereocenters. The largest absolute Gasteiger partial charge is 0.317 e. The minimum atomic E-state index is 0.871. The fourth-order valence-electron chi connectivity index (χ4n) is 2.13. The SMILES string of the molecule is CN(Cc1nccs1)CC1CCNCC1. The Balaban J connectivity index is 1.74. The van der Waals surface area contributed by atoms with Crippen LogP contribution >= 0.6 is 11.3 Å². The quantitative estimate of drug-likeness (QED) is 0.843. The van der Waals surface area contributed by atoms with Crippen molar-refractivity contribution < 1.29 is 0 Å². The Hall–Kier alpha value is -0.450. The Morgan fingerprint density at radius 1 is 1.53 bits per heavy atom. The van der Waals surface area contributed by atoms with E-state index in [1.807, 2.05) is 11.6 Å². The minimum absolute atomic E-state index is 0.871. The first-order valence-electron chi connectivity index (χ1n) is 5.62. The molecular weight excluding hydrogens is 206 g/mol. The second-order valence-electron chi connectivity index (χ2n) is 4.32. The lowest BCUT2D eigenvalue weighted by molar-refractivity contribution is 0.234. The van der Waals surface area contributed by atoms with Gasteiger partial charge in [0.2, 0.25) is 0 Å². The first kappa shape index (κ1) is 11.0. The molecule has 1 aromatic heterocycles. The first-order chi connectivity index (χ1) is 7.34. The van der Waals surface area contributed by atoms with Gasteiger partial charge in [0.05, 0.1) is 6.54 Å². The molecule has 0 aromatic carbocycles. The van der Waals surface area contributed by atoms with Crippen LogP contribution in [-0.2, 0) is 6.54 Å². The predicted octanol–water partition coefficient (Wildman–Crippen LogP) is 1.57. The number of nitrogens with zero attached hydrogens (tertiary/aromatic N) is 2.